The zero-order chi connectivity index (χ0) is 25.2. The van der Waals surface area contributed by atoms with Crippen LogP contribution in [0.25, 0.3) is 6.08 Å². The van der Waals surface area contributed by atoms with Crippen molar-refractivity contribution in [3.8, 4) is 0 Å². The molecule has 5 nitrogen and oxygen atoms in total. The van der Waals surface area contributed by atoms with Crippen LogP contribution >= 0.6 is 11.8 Å². The van der Waals surface area contributed by atoms with Gasteiger partial charge < -0.3 is 9.64 Å². The molecule has 0 spiro atoms. The van der Waals surface area contributed by atoms with Crippen LogP contribution in [0.1, 0.15) is 63.1 Å². The van der Waals surface area contributed by atoms with Crippen molar-refractivity contribution in [2.45, 2.75) is 58.9 Å². The van der Waals surface area contributed by atoms with Gasteiger partial charge in [-0.3, -0.25) is 9.69 Å². The summed E-state index contributed by atoms with van der Waals surface area (Å²) in [5.41, 5.74) is 5.98. The molecule has 2 heterocycles. The third kappa shape index (κ3) is 5.34. The van der Waals surface area contributed by atoms with Crippen LogP contribution in [0.15, 0.2) is 52.4 Å². The fourth-order valence-electron chi connectivity index (χ4n) is 5.31. The van der Waals surface area contributed by atoms with Crippen LogP contribution in [-0.4, -0.2) is 48.3 Å². The summed E-state index contributed by atoms with van der Waals surface area (Å²) in [6, 6.07) is 14.4. The number of aryl methyl sites for hydroxylation is 1. The van der Waals surface area contributed by atoms with E-state index in [1.807, 2.05) is 30.3 Å². The van der Waals surface area contributed by atoms with Gasteiger partial charge in [0.2, 0.25) is 0 Å². The predicted molar refractivity (Wildman–Crippen MR) is 149 cm³/mol. The molecule has 6 heteroatoms. The number of carbonyl (C=O) groups excluding carboxylic acids is 1. The lowest BCUT2D eigenvalue weighted by Crippen LogP contribution is -2.48. The zero-order valence-electron chi connectivity index (χ0n) is 21.8. The molecular formula is C29H37N3O2S. The molecule has 2 aliphatic heterocycles. The first-order valence-corrected chi connectivity index (χ1v) is 13.3. The van der Waals surface area contributed by atoms with Gasteiger partial charge in [0.15, 0.2) is 5.17 Å². The molecule has 2 aliphatic rings. The SMILES string of the molecule is CCN1c2cc(C)c(/C=C3\SC(=Nc4ccccc4)N(CCCOC)C3=O)cc2C(C)CC1(C)C. The minimum atomic E-state index is 0.0160. The fourth-order valence-corrected chi connectivity index (χ4v) is 6.33. The Balaban J connectivity index is 1.70. The molecular weight excluding hydrogens is 454 g/mol. The van der Waals surface area contributed by atoms with E-state index < -0.39 is 0 Å². The lowest BCUT2D eigenvalue weighted by atomic mass is 9.79. The highest BCUT2D eigenvalue weighted by atomic mass is 32.2. The van der Waals surface area contributed by atoms with Crippen molar-refractivity contribution in [3.05, 3.63) is 64.1 Å². The van der Waals surface area contributed by atoms with Gasteiger partial charge in [-0.1, -0.05) is 25.1 Å². The number of amides is 1. The molecule has 1 unspecified atom stereocenters. The maximum Gasteiger partial charge on any atom is 0.266 e. The summed E-state index contributed by atoms with van der Waals surface area (Å²) >= 11 is 1.46. The van der Waals surface area contributed by atoms with Crippen LogP contribution in [0.2, 0.25) is 0 Å². The van der Waals surface area contributed by atoms with Crippen molar-refractivity contribution < 1.29 is 9.53 Å². The van der Waals surface area contributed by atoms with Crippen LogP contribution in [0, 0.1) is 6.92 Å². The molecule has 4 rings (SSSR count). The second-order valence-electron chi connectivity index (χ2n) is 10.1. The molecule has 1 saturated heterocycles. The van der Waals surface area contributed by atoms with E-state index in [2.05, 4.69) is 57.7 Å². The topological polar surface area (TPSA) is 45.1 Å². The maximum absolute atomic E-state index is 13.5. The van der Waals surface area contributed by atoms with Crippen molar-refractivity contribution in [1.82, 2.24) is 4.90 Å². The highest BCUT2D eigenvalue weighted by Crippen LogP contribution is 2.45. The van der Waals surface area contributed by atoms with E-state index in [1.165, 1.54) is 28.6 Å². The Morgan fingerprint density at radius 1 is 1.23 bits per heavy atom. The summed E-state index contributed by atoms with van der Waals surface area (Å²) in [7, 11) is 1.69. The number of hydrogen-bond donors (Lipinski definition) is 0. The molecule has 1 amide bonds. The number of thioether (sulfide) groups is 1. The van der Waals surface area contributed by atoms with Crippen molar-refractivity contribution >= 4 is 40.3 Å². The van der Waals surface area contributed by atoms with Crippen molar-refractivity contribution in [2.75, 3.05) is 31.7 Å². The average molecular weight is 492 g/mol. The van der Waals surface area contributed by atoms with Gasteiger partial charge in [-0.2, -0.15) is 0 Å². The number of amidine groups is 1. The monoisotopic (exact) mass is 491 g/mol. The fraction of sp³-hybridized carbons (Fsp3) is 0.448. The number of nitrogens with zero attached hydrogens (tertiary/aromatic N) is 3. The number of methoxy groups -OCH3 is 1. The molecule has 2 aromatic rings. The first-order valence-electron chi connectivity index (χ1n) is 12.5. The molecule has 0 saturated carbocycles. The molecule has 0 aromatic heterocycles. The number of para-hydroxylation sites is 1. The molecule has 0 bridgehead atoms. The Hall–Kier alpha value is -2.57. The summed E-state index contributed by atoms with van der Waals surface area (Å²) in [5.74, 6) is 0.482. The van der Waals surface area contributed by atoms with E-state index in [-0.39, 0.29) is 11.4 Å². The van der Waals surface area contributed by atoms with E-state index in [4.69, 9.17) is 9.73 Å². The van der Waals surface area contributed by atoms with E-state index in [9.17, 15) is 4.79 Å². The molecule has 1 fully saturated rings. The Bertz CT molecular complexity index is 1140. The van der Waals surface area contributed by atoms with Gasteiger partial charge in [0, 0.05) is 38.0 Å². The molecule has 1 atom stereocenters. The Labute approximate surface area is 214 Å². The molecule has 186 valence electrons. The number of carbonyl (C=O) groups is 1. The third-order valence-electron chi connectivity index (χ3n) is 6.98. The van der Waals surface area contributed by atoms with Gasteiger partial charge >= 0.3 is 0 Å². The van der Waals surface area contributed by atoms with Gasteiger partial charge in [0.05, 0.1) is 10.6 Å². The van der Waals surface area contributed by atoms with Crippen LogP contribution in [0.3, 0.4) is 0 Å². The predicted octanol–water partition coefficient (Wildman–Crippen LogP) is 6.75. The number of hydrogen-bond acceptors (Lipinski definition) is 5. The van der Waals surface area contributed by atoms with Crippen LogP contribution < -0.4 is 4.90 Å². The summed E-state index contributed by atoms with van der Waals surface area (Å²) in [6.45, 7) is 13.5. The lowest BCUT2D eigenvalue weighted by Gasteiger charge is -2.47. The number of benzene rings is 2. The normalized spacial score (nSPS) is 21.8. The van der Waals surface area contributed by atoms with Gasteiger partial charge in [-0.15, -0.1) is 0 Å². The zero-order valence-corrected chi connectivity index (χ0v) is 22.6. The van der Waals surface area contributed by atoms with E-state index in [0.29, 0.717) is 19.1 Å². The van der Waals surface area contributed by atoms with Crippen LogP contribution in [-0.2, 0) is 9.53 Å². The summed E-state index contributed by atoms with van der Waals surface area (Å²) in [4.78, 5) is 23.3. The standard InChI is InChI=1S/C29H37N3O2S/c1-7-32-25-16-20(2)22(17-24(25)21(3)19-29(32,4)5)18-26-27(33)31(14-11-15-34-6)28(35-26)30-23-12-9-8-10-13-23/h8-10,12-13,16-18,21H,7,11,14-15,19H2,1-6H3/b26-18-,30-28?. The Morgan fingerprint density at radius 2 is 1.97 bits per heavy atom. The minimum Gasteiger partial charge on any atom is -0.385 e. The van der Waals surface area contributed by atoms with Gasteiger partial charge in [0.1, 0.15) is 0 Å². The Kier molecular flexibility index (Phi) is 7.72. The van der Waals surface area contributed by atoms with E-state index in [1.54, 1.807) is 12.0 Å². The summed E-state index contributed by atoms with van der Waals surface area (Å²) < 4.78 is 5.22. The van der Waals surface area contributed by atoms with E-state index >= 15 is 0 Å². The number of fused-ring (bicyclic) bond motifs is 1. The van der Waals surface area contributed by atoms with Gasteiger partial charge in [-0.25, -0.2) is 4.99 Å². The van der Waals surface area contributed by atoms with Crippen molar-refractivity contribution in [2.24, 2.45) is 4.99 Å². The number of rotatable bonds is 7. The highest BCUT2D eigenvalue weighted by molar-refractivity contribution is 8.18. The molecule has 0 aliphatic carbocycles. The minimum absolute atomic E-state index is 0.0160. The largest absolute Gasteiger partial charge is 0.385 e. The second-order valence-corrected chi connectivity index (χ2v) is 11.1. The molecule has 2 aromatic carbocycles. The molecule has 0 radical (unpaired) electrons. The second kappa shape index (κ2) is 10.6. The molecule has 35 heavy (non-hydrogen) atoms. The maximum atomic E-state index is 13.5. The third-order valence-corrected chi connectivity index (χ3v) is 7.98. The average Bonchev–Trinajstić information content (AvgIpc) is 3.09. The highest BCUT2D eigenvalue weighted by Gasteiger charge is 2.36. The Morgan fingerprint density at radius 3 is 2.66 bits per heavy atom. The van der Waals surface area contributed by atoms with Crippen LogP contribution in [0.5, 0.6) is 0 Å². The first kappa shape index (κ1) is 25.5. The number of ether oxygens (including phenoxy) is 1. The van der Waals surface area contributed by atoms with E-state index in [0.717, 1.165) is 40.7 Å². The van der Waals surface area contributed by atoms with Crippen molar-refractivity contribution in [3.63, 3.8) is 0 Å². The smallest absolute Gasteiger partial charge is 0.266 e. The quantitative estimate of drug-likeness (QED) is 0.317. The van der Waals surface area contributed by atoms with Gasteiger partial charge in [-0.05, 0) is 105 Å². The van der Waals surface area contributed by atoms with Crippen LogP contribution in [0.4, 0.5) is 11.4 Å². The molecule has 0 N–H and O–H groups in total. The summed E-state index contributed by atoms with van der Waals surface area (Å²) in [5, 5.41) is 0.728. The van der Waals surface area contributed by atoms with Gasteiger partial charge in [0.25, 0.3) is 5.91 Å². The lowest BCUT2D eigenvalue weighted by molar-refractivity contribution is -0.122. The first-order chi connectivity index (χ1) is 16.7. The summed E-state index contributed by atoms with van der Waals surface area (Å²) in [6.07, 6.45) is 3.94. The number of aliphatic imine (C=N–C) groups is 1. The number of anilines is 1. The van der Waals surface area contributed by atoms with Crippen molar-refractivity contribution in [1.29, 1.82) is 0 Å².